The first-order chi connectivity index (χ1) is 21.5. The number of alkyl halides is 2. The normalized spacial score (nSPS) is 20.1. The second-order valence-corrected chi connectivity index (χ2v) is 11.6. The minimum atomic E-state index is -2.99. The maximum atomic E-state index is 14.3. The lowest BCUT2D eigenvalue weighted by atomic mass is 9.84. The fourth-order valence-electron chi connectivity index (χ4n) is 6.19. The average Bonchev–Trinajstić information content (AvgIpc) is 3.47. The van der Waals surface area contributed by atoms with Crippen LogP contribution < -0.4 is 10.6 Å². The van der Waals surface area contributed by atoms with Gasteiger partial charge in [0.2, 0.25) is 18.2 Å². The molecule has 0 radical (unpaired) electrons. The molecule has 4 rings (SSSR count). The van der Waals surface area contributed by atoms with Crippen molar-refractivity contribution in [3.05, 3.63) is 70.8 Å². The molecule has 1 aliphatic carbocycles. The maximum Gasteiger partial charge on any atom is 0.335 e. The van der Waals surface area contributed by atoms with Crippen LogP contribution in [0.5, 0.6) is 0 Å². The molecule has 2 aromatic rings. The molecule has 4 atom stereocenters. The Kier molecular flexibility index (Phi) is 11.5. The summed E-state index contributed by atoms with van der Waals surface area (Å²) in [7, 11) is 0. The van der Waals surface area contributed by atoms with Crippen molar-refractivity contribution >= 4 is 23.7 Å². The summed E-state index contributed by atoms with van der Waals surface area (Å²) in [5, 5.41) is 24.5. The van der Waals surface area contributed by atoms with Crippen LogP contribution in [0.1, 0.15) is 72.3 Å². The van der Waals surface area contributed by atoms with Crippen LogP contribution in [0.2, 0.25) is 0 Å². The van der Waals surface area contributed by atoms with Crippen LogP contribution in [-0.2, 0) is 20.8 Å². The van der Waals surface area contributed by atoms with Gasteiger partial charge in [-0.3, -0.25) is 14.4 Å². The second-order valence-electron chi connectivity index (χ2n) is 11.6. The number of nitrogens with zero attached hydrogens (tertiary/aromatic N) is 1. The number of nitrogens with one attached hydrogen (secondary N) is 2. The molecule has 1 saturated carbocycles. The number of aliphatic hydroxyl groups excluding tert-OH is 1. The van der Waals surface area contributed by atoms with Gasteiger partial charge in [0.1, 0.15) is 29.8 Å². The Morgan fingerprint density at radius 1 is 0.978 bits per heavy atom. The number of carbonyl (C=O) groups is 4. The molecule has 1 aliphatic heterocycles. The Labute approximate surface area is 258 Å². The van der Waals surface area contributed by atoms with Crippen molar-refractivity contribution in [2.75, 3.05) is 13.1 Å². The molecule has 0 spiro atoms. The number of rotatable bonds is 12. The number of likely N-dealkylation sites (tertiary alicyclic amines) is 1. The van der Waals surface area contributed by atoms with E-state index in [1.165, 1.54) is 4.90 Å². The second kappa shape index (κ2) is 15.3. The molecule has 2 aromatic carbocycles. The Morgan fingerprint density at radius 3 is 2.22 bits per heavy atom. The summed E-state index contributed by atoms with van der Waals surface area (Å²) >= 11 is 0. The van der Waals surface area contributed by atoms with Gasteiger partial charge in [0.05, 0.1) is 5.56 Å². The number of carbonyl (C=O) groups excluding carboxylic acids is 3. The van der Waals surface area contributed by atoms with Crippen molar-refractivity contribution in [2.24, 2.45) is 5.92 Å². The van der Waals surface area contributed by atoms with Crippen LogP contribution in [0, 0.1) is 17.6 Å². The lowest BCUT2D eigenvalue weighted by Gasteiger charge is -2.32. The highest BCUT2D eigenvalue weighted by Gasteiger charge is 2.44. The maximum absolute atomic E-state index is 14.3. The summed E-state index contributed by atoms with van der Waals surface area (Å²) < 4.78 is 55.5. The predicted octanol–water partition coefficient (Wildman–Crippen LogP) is 3.79. The molecule has 2 fully saturated rings. The van der Waals surface area contributed by atoms with E-state index < -0.39 is 90.5 Å². The zero-order valence-corrected chi connectivity index (χ0v) is 24.6. The minimum absolute atomic E-state index is 0.119. The highest BCUT2D eigenvalue weighted by molar-refractivity contribution is 5.93. The van der Waals surface area contributed by atoms with Crippen LogP contribution in [0.25, 0.3) is 0 Å². The van der Waals surface area contributed by atoms with Crippen LogP contribution in [0.15, 0.2) is 42.5 Å². The van der Waals surface area contributed by atoms with Gasteiger partial charge in [0, 0.05) is 31.0 Å². The van der Waals surface area contributed by atoms with Crippen molar-refractivity contribution < 1.29 is 47.0 Å². The van der Waals surface area contributed by atoms with E-state index in [1.807, 2.05) is 30.3 Å². The summed E-state index contributed by atoms with van der Waals surface area (Å²) in [6, 6.07) is 7.54. The number of amides is 3. The molecule has 1 heterocycles. The van der Waals surface area contributed by atoms with Gasteiger partial charge < -0.3 is 25.7 Å². The monoisotopic (exact) mass is 635 g/mol. The third-order valence-corrected chi connectivity index (χ3v) is 8.62. The zero-order chi connectivity index (χ0) is 32.7. The summed E-state index contributed by atoms with van der Waals surface area (Å²) in [4.78, 5) is 52.2. The molecule has 0 bridgehead atoms. The molecular formula is C32H37F4N3O6. The summed E-state index contributed by atoms with van der Waals surface area (Å²) in [6.45, 7) is -0.277. The quantitative estimate of drug-likeness (QED) is 0.262. The number of carboxylic acid groups (broad SMARTS) is 1. The first-order valence-corrected chi connectivity index (χ1v) is 15.1. The van der Waals surface area contributed by atoms with Crippen LogP contribution >= 0.6 is 0 Å². The molecule has 2 aliphatic rings. The summed E-state index contributed by atoms with van der Waals surface area (Å²) in [6.07, 6.45) is -1.52. The number of hydrogen-bond donors (Lipinski definition) is 4. The summed E-state index contributed by atoms with van der Waals surface area (Å²) in [5.74, 6) is -6.82. The van der Waals surface area contributed by atoms with E-state index in [-0.39, 0.29) is 24.8 Å². The number of halogens is 4. The molecule has 0 aromatic heterocycles. The number of carboxylic acids is 1. The molecule has 244 valence electrons. The zero-order valence-electron chi connectivity index (χ0n) is 24.6. The van der Waals surface area contributed by atoms with Gasteiger partial charge in [0.25, 0.3) is 5.91 Å². The highest BCUT2D eigenvalue weighted by atomic mass is 19.3. The Morgan fingerprint density at radius 2 is 1.62 bits per heavy atom. The topological polar surface area (TPSA) is 136 Å². The van der Waals surface area contributed by atoms with E-state index in [0.29, 0.717) is 25.0 Å². The van der Waals surface area contributed by atoms with Crippen LogP contribution in [0.4, 0.5) is 17.6 Å². The van der Waals surface area contributed by atoms with Crippen LogP contribution in [0.3, 0.4) is 0 Å². The van der Waals surface area contributed by atoms with Gasteiger partial charge in [0.15, 0.2) is 0 Å². The van der Waals surface area contributed by atoms with Crippen molar-refractivity contribution in [1.29, 1.82) is 0 Å². The van der Waals surface area contributed by atoms with Gasteiger partial charge >= 0.3 is 5.97 Å². The van der Waals surface area contributed by atoms with Gasteiger partial charge in [-0.15, -0.1) is 0 Å². The number of benzene rings is 2. The van der Waals surface area contributed by atoms with Crippen molar-refractivity contribution in [2.45, 2.75) is 81.9 Å². The van der Waals surface area contributed by atoms with E-state index in [4.69, 9.17) is 5.11 Å². The highest BCUT2D eigenvalue weighted by Crippen LogP contribution is 2.34. The molecule has 9 nitrogen and oxygen atoms in total. The molecular weight excluding hydrogens is 598 g/mol. The predicted molar refractivity (Wildman–Crippen MR) is 154 cm³/mol. The number of hydrogen-bond acceptors (Lipinski definition) is 5. The van der Waals surface area contributed by atoms with Gasteiger partial charge in [-0.2, -0.15) is 0 Å². The Bertz CT molecular complexity index is 1350. The first-order valence-electron chi connectivity index (χ1n) is 15.1. The fraction of sp³-hybridized carbons (Fsp3) is 0.500. The van der Waals surface area contributed by atoms with Crippen molar-refractivity contribution in [3.63, 3.8) is 0 Å². The third kappa shape index (κ3) is 8.59. The van der Waals surface area contributed by atoms with E-state index >= 15 is 0 Å². The van der Waals surface area contributed by atoms with Crippen molar-refractivity contribution in [1.82, 2.24) is 15.5 Å². The average molecular weight is 636 g/mol. The smallest absolute Gasteiger partial charge is 0.335 e. The first kappa shape index (κ1) is 33.9. The van der Waals surface area contributed by atoms with Gasteiger partial charge in [-0.1, -0.05) is 49.6 Å². The van der Waals surface area contributed by atoms with Crippen molar-refractivity contribution in [3.8, 4) is 0 Å². The van der Waals surface area contributed by atoms with Gasteiger partial charge in [-0.25, -0.2) is 22.4 Å². The molecule has 3 amide bonds. The lowest BCUT2D eigenvalue weighted by Crippen LogP contribution is -2.55. The Balaban J connectivity index is 1.46. The van der Waals surface area contributed by atoms with E-state index in [1.54, 1.807) is 0 Å². The molecule has 1 saturated heterocycles. The molecule has 45 heavy (non-hydrogen) atoms. The minimum Gasteiger partial charge on any atom is -0.478 e. The number of aliphatic hydroxyl groups is 1. The van der Waals surface area contributed by atoms with Crippen LogP contribution in [-0.4, -0.2) is 76.5 Å². The van der Waals surface area contributed by atoms with E-state index in [9.17, 15) is 41.8 Å². The SMILES string of the molecule is O=C(O)c1cc(F)c(CCNC(=O)[C@H](CC(F)F)NC(=O)[C@@H]2C[C@@H](c3ccccc3)CN2C(=O)[C@@H](O)C2CCCCC2)c(F)c1. The number of aromatic carboxylic acids is 1. The summed E-state index contributed by atoms with van der Waals surface area (Å²) in [5.41, 5.74) is -0.244. The third-order valence-electron chi connectivity index (χ3n) is 8.62. The molecule has 13 heteroatoms. The van der Waals surface area contributed by atoms with Gasteiger partial charge in [-0.05, 0) is 49.3 Å². The standard InChI is InChI=1S/C32H37F4N3O6/c33-23-13-20(32(44)45)14-24(34)22(23)11-12-37-29(41)25(16-27(35)36)38-30(42)26-15-21(18-7-3-1-4-8-18)17-39(26)31(43)28(40)19-9-5-2-6-10-19/h1,3-4,7-8,13-14,19,21,25-28,40H,2,5-6,9-12,15-17H2,(H,37,41)(H,38,42)(H,44,45)/t21-,25+,26+,28+/m1/s1. The van der Waals surface area contributed by atoms with E-state index in [0.717, 1.165) is 24.8 Å². The van der Waals surface area contributed by atoms with E-state index in [2.05, 4.69) is 10.6 Å². The molecule has 4 N–H and O–H groups in total. The molecule has 0 unspecified atom stereocenters. The fourth-order valence-corrected chi connectivity index (χ4v) is 6.19. The largest absolute Gasteiger partial charge is 0.478 e. The Hall–Kier alpha value is -4.00. The lowest BCUT2D eigenvalue weighted by molar-refractivity contribution is -0.148.